The molecule has 4 amide bonds. The number of nitrogens with one attached hydrogen (secondary N) is 4. The Balaban J connectivity index is 0.772. The quantitative estimate of drug-likeness (QED) is 0.0773. The van der Waals surface area contributed by atoms with E-state index in [2.05, 4.69) is 56.2 Å². The highest BCUT2D eigenvalue weighted by atomic mass is 16.2. The van der Waals surface area contributed by atoms with Gasteiger partial charge in [0.25, 0.3) is 11.8 Å². The number of likely N-dealkylation sites (tertiary alicyclic amines) is 1. The van der Waals surface area contributed by atoms with Crippen LogP contribution in [0.4, 0.5) is 17.3 Å². The standard InChI is InChI=1S/C44H47N11O4/c45-19-15-35(29-5-1-2-6-29)54-26-30(25-48-54)39-33-16-21-47-40(33)52-44(51-39)49-31-11-9-27(10-12-31)28-17-23-53(24-18-28)22-4-20-46-34-8-3-7-32-38(34)43(59)55(42(32)58)36-13-14-37(56)50-41(36)57/h3,7-12,16,21,25-26,28-29,35-36,46H,1-2,4-6,13-15,17-18,20,22-24H2,(H,50,56,57)(H2,47,49,51,52). The molecule has 2 saturated heterocycles. The number of aromatic nitrogens is 5. The van der Waals surface area contributed by atoms with Crippen LogP contribution in [-0.2, 0) is 9.59 Å². The van der Waals surface area contributed by atoms with Gasteiger partial charge in [-0.15, -0.1) is 0 Å². The van der Waals surface area contributed by atoms with Crippen LogP contribution in [0, 0.1) is 17.2 Å². The minimum atomic E-state index is -0.987. The van der Waals surface area contributed by atoms with Gasteiger partial charge in [-0.3, -0.25) is 34.1 Å². The minimum absolute atomic E-state index is 0.0694. The zero-order chi connectivity index (χ0) is 40.5. The molecule has 5 aromatic rings. The molecule has 302 valence electrons. The summed E-state index contributed by atoms with van der Waals surface area (Å²) in [4.78, 5) is 67.1. The van der Waals surface area contributed by atoms with E-state index in [1.807, 2.05) is 29.3 Å². The van der Waals surface area contributed by atoms with Gasteiger partial charge in [-0.1, -0.05) is 31.0 Å². The summed E-state index contributed by atoms with van der Waals surface area (Å²) in [5.41, 5.74) is 5.78. The summed E-state index contributed by atoms with van der Waals surface area (Å²) in [6.07, 6.45) is 14.1. The Morgan fingerprint density at radius 2 is 1.75 bits per heavy atom. The normalized spacial score (nSPS) is 19.6. The number of aromatic amines is 1. The Hall–Kier alpha value is -6.40. The SMILES string of the molecule is N#CCC(C1CCCC1)n1cc(-c2nc(Nc3ccc(C4CCN(CCCNc5cccc6c5C(=O)N(C5CCC(=O)NC5=O)C6=O)CC4)cc3)nc3[nH]ccc23)cn1. The van der Waals surface area contributed by atoms with Crippen molar-refractivity contribution in [3.63, 3.8) is 0 Å². The van der Waals surface area contributed by atoms with Crippen molar-refractivity contribution in [3.05, 3.63) is 83.8 Å². The van der Waals surface area contributed by atoms with Gasteiger partial charge in [0.2, 0.25) is 17.8 Å². The van der Waals surface area contributed by atoms with Crippen molar-refractivity contribution in [1.82, 2.24) is 39.8 Å². The van der Waals surface area contributed by atoms with Crippen LogP contribution in [0.2, 0.25) is 0 Å². The van der Waals surface area contributed by atoms with Crippen LogP contribution in [0.1, 0.15) is 102 Å². The molecule has 15 nitrogen and oxygen atoms in total. The highest BCUT2D eigenvalue weighted by molar-refractivity contribution is 6.25. The van der Waals surface area contributed by atoms with Crippen LogP contribution >= 0.6 is 0 Å². The van der Waals surface area contributed by atoms with E-state index in [-0.39, 0.29) is 30.0 Å². The first-order chi connectivity index (χ1) is 28.8. The topological polar surface area (TPSA) is 194 Å². The molecule has 0 radical (unpaired) electrons. The Labute approximate surface area is 341 Å². The molecule has 15 heteroatoms. The number of amides is 4. The fraction of sp³-hybridized carbons (Fsp3) is 0.409. The number of nitrogens with zero attached hydrogens (tertiary/aromatic N) is 7. The lowest BCUT2D eigenvalue weighted by Crippen LogP contribution is -2.54. The lowest BCUT2D eigenvalue weighted by atomic mass is 9.89. The van der Waals surface area contributed by atoms with Gasteiger partial charge in [-0.2, -0.15) is 15.3 Å². The number of anilines is 3. The molecule has 3 fully saturated rings. The van der Waals surface area contributed by atoms with Crippen molar-refractivity contribution in [2.45, 2.75) is 82.2 Å². The first-order valence-electron chi connectivity index (χ1n) is 20.8. The van der Waals surface area contributed by atoms with E-state index in [1.54, 1.807) is 18.2 Å². The fourth-order valence-electron chi connectivity index (χ4n) is 9.42. The summed E-state index contributed by atoms with van der Waals surface area (Å²) in [6, 6.07) is 17.1. The Bertz CT molecular complexity index is 2440. The molecule has 9 rings (SSSR count). The summed E-state index contributed by atoms with van der Waals surface area (Å²) >= 11 is 0. The number of benzene rings is 2. The van der Waals surface area contributed by atoms with E-state index in [0.717, 1.165) is 84.6 Å². The van der Waals surface area contributed by atoms with Crippen LogP contribution in [0.3, 0.4) is 0 Å². The molecule has 3 aliphatic heterocycles. The van der Waals surface area contributed by atoms with Crippen LogP contribution in [0.5, 0.6) is 0 Å². The Morgan fingerprint density at radius 1 is 0.932 bits per heavy atom. The second-order valence-electron chi connectivity index (χ2n) is 16.1. The molecule has 2 unspecified atom stereocenters. The molecular formula is C44H47N11O4. The summed E-state index contributed by atoms with van der Waals surface area (Å²) in [6.45, 7) is 3.50. The van der Waals surface area contributed by atoms with Crippen molar-refractivity contribution < 1.29 is 19.2 Å². The first-order valence-corrected chi connectivity index (χ1v) is 20.8. The third kappa shape index (κ3) is 7.68. The third-order valence-electron chi connectivity index (χ3n) is 12.5. The van der Waals surface area contributed by atoms with Crippen molar-refractivity contribution in [3.8, 4) is 17.3 Å². The van der Waals surface area contributed by atoms with Crippen molar-refractivity contribution in [1.29, 1.82) is 5.26 Å². The monoisotopic (exact) mass is 793 g/mol. The molecule has 59 heavy (non-hydrogen) atoms. The number of H-pyrrole nitrogens is 1. The lowest BCUT2D eigenvalue weighted by molar-refractivity contribution is -0.136. The fourth-order valence-corrected chi connectivity index (χ4v) is 9.42. The molecule has 1 aliphatic carbocycles. The largest absolute Gasteiger partial charge is 0.384 e. The highest BCUT2D eigenvalue weighted by Crippen LogP contribution is 2.38. The maximum atomic E-state index is 13.4. The van der Waals surface area contributed by atoms with Crippen molar-refractivity contribution in [2.75, 3.05) is 36.8 Å². The first kappa shape index (κ1) is 38.1. The van der Waals surface area contributed by atoms with E-state index in [9.17, 15) is 24.4 Å². The molecule has 6 heterocycles. The number of carbonyl (C=O) groups is 4. The maximum Gasteiger partial charge on any atom is 0.264 e. The van der Waals surface area contributed by atoms with Crippen molar-refractivity contribution in [2.24, 2.45) is 5.92 Å². The number of imide groups is 2. The summed E-state index contributed by atoms with van der Waals surface area (Å²) in [5, 5.41) is 24.2. The number of hydrogen-bond donors (Lipinski definition) is 4. The Morgan fingerprint density at radius 3 is 2.53 bits per heavy atom. The van der Waals surface area contributed by atoms with Gasteiger partial charge in [0, 0.05) is 47.7 Å². The number of piperidine rings is 2. The molecule has 0 bridgehead atoms. The average Bonchev–Trinajstić information content (AvgIpc) is 4.09. The van der Waals surface area contributed by atoms with Crippen LogP contribution in [-0.4, -0.2) is 90.4 Å². The predicted octanol–water partition coefficient (Wildman–Crippen LogP) is 6.29. The van der Waals surface area contributed by atoms with Gasteiger partial charge in [-0.05, 0) is 106 Å². The van der Waals surface area contributed by atoms with Crippen LogP contribution in [0.15, 0.2) is 67.1 Å². The van der Waals surface area contributed by atoms with E-state index in [1.165, 1.54) is 18.4 Å². The molecule has 1 saturated carbocycles. The van der Waals surface area contributed by atoms with E-state index in [4.69, 9.17) is 15.1 Å². The molecule has 0 spiro atoms. The maximum absolute atomic E-state index is 13.4. The van der Waals surface area contributed by atoms with Crippen molar-refractivity contribution >= 4 is 52.0 Å². The average molecular weight is 794 g/mol. The van der Waals surface area contributed by atoms with Gasteiger partial charge in [0.15, 0.2) is 0 Å². The molecule has 4 N–H and O–H groups in total. The number of rotatable bonds is 13. The second kappa shape index (κ2) is 16.5. The Kier molecular flexibility index (Phi) is 10.6. The van der Waals surface area contributed by atoms with Crippen LogP contribution in [0.25, 0.3) is 22.3 Å². The molecule has 2 aromatic carbocycles. The molecule has 3 aromatic heterocycles. The van der Waals surface area contributed by atoms with Crippen LogP contribution < -0.4 is 16.0 Å². The van der Waals surface area contributed by atoms with Gasteiger partial charge in [0.05, 0.1) is 41.5 Å². The number of nitriles is 1. The summed E-state index contributed by atoms with van der Waals surface area (Å²) in [7, 11) is 0. The zero-order valence-corrected chi connectivity index (χ0v) is 32.8. The van der Waals surface area contributed by atoms with E-state index < -0.39 is 29.7 Å². The zero-order valence-electron chi connectivity index (χ0n) is 32.8. The molecule has 4 aliphatic rings. The number of carbonyl (C=O) groups excluding carboxylic acids is 4. The third-order valence-corrected chi connectivity index (χ3v) is 12.5. The summed E-state index contributed by atoms with van der Waals surface area (Å²) < 4.78 is 1.97. The molecular weight excluding hydrogens is 747 g/mol. The van der Waals surface area contributed by atoms with Gasteiger partial charge in [-0.25, -0.2) is 4.98 Å². The van der Waals surface area contributed by atoms with E-state index in [0.29, 0.717) is 36.4 Å². The van der Waals surface area contributed by atoms with Gasteiger partial charge >= 0.3 is 0 Å². The van der Waals surface area contributed by atoms with Gasteiger partial charge < -0.3 is 20.5 Å². The lowest BCUT2D eigenvalue weighted by Gasteiger charge is -2.32. The second-order valence-corrected chi connectivity index (χ2v) is 16.1. The smallest absolute Gasteiger partial charge is 0.264 e. The highest BCUT2D eigenvalue weighted by Gasteiger charge is 2.45. The van der Waals surface area contributed by atoms with Gasteiger partial charge in [0.1, 0.15) is 11.7 Å². The number of fused-ring (bicyclic) bond motifs is 2. The summed E-state index contributed by atoms with van der Waals surface area (Å²) in [5.74, 6) is -0.591. The number of hydrogen-bond acceptors (Lipinski definition) is 11. The van der Waals surface area contributed by atoms with E-state index >= 15 is 0 Å². The predicted molar refractivity (Wildman–Crippen MR) is 221 cm³/mol. The minimum Gasteiger partial charge on any atom is -0.384 e. The molecule has 2 atom stereocenters.